The Labute approximate surface area is 162 Å². The number of aryl methyl sites for hydroxylation is 1. The molecule has 27 heavy (non-hydrogen) atoms. The summed E-state index contributed by atoms with van der Waals surface area (Å²) in [5, 5.41) is 3.02. The topological polar surface area (TPSA) is 47.6 Å². The molecule has 0 bridgehead atoms. The summed E-state index contributed by atoms with van der Waals surface area (Å²) in [5.41, 5.74) is 3.97. The Hall–Kier alpha value is -2.75. The van der Waals surface area contributed by atoms with E-state index in [2.05, 4.69) is 25.2 Å². The second-order valence-electron chi connectivity index (χ2n) is 6.59. The van der Waals surface area contributed by atoms with Gasteiger partial charge in [0.05, 0.1) is 13.2 Å². The first-order valence-electron chi connectivity index (χ1n) is 9.44. The number of hydrogen-bond acceptors (Lipinski definition) is 3. The van der Waals surface area contributed by atoms with Crippen LogP contribution in [0.3, 0.4) is 0 Å². The van der Waals surface area contributed by atoms with Crippen molar-refractivity contribution in [2.45, 2.75) is 40.5 Å². The maximum atomic E-state index is 12.4. The summed E-state index contributed by atoms with van der Waals surface area (Å²) in [5.74, 6) is 1.58. The fourth-order valence-electron chi connectivity index (χ4n) is 2.85. The van der Waals surface area contributed by atoms with Crippen LogP contribution in [0.1, 0.15) is 50.3 Å². The lowest BCUT2D eigenvalue weighted by atomic mass is 9.98. The van der Waals surface area contributed by atoms with E-state index in [0.717, 1.165) is 22.4 Å². The monoisotopic (exact) mass is 367 g/mol. The van der Waals surface area contributed by atoms with Crippen molar-refractivity contribution in [3.8, 4) is 11.5 Å². The van der Waals surface area contributed by atoms with Gasteiger partial charge < -0.3 is 14.8 Å². The van der Waals surface area contributed by atoms with E-state index >= 15 is 0 Å². The molecule has 1 N–H and O–H groups in total. The molecule has 0 atom stereocenters. The van der Waals surface area contributed by atoms with Crippen molar-refractivity contribution in [3.63, 3.8) is 0 Å². The molecule has 2 aromatic carbocycles. The van der Waals surface area contributed by atoms with E-state index in [1.54, 1.807) is 12.2 Å². The second kappa shape index (κ2) is 9.81. The Morgan fingerprint density at radius 1 is 1.07 bits per heavy atom. The number of para-hydroxylation sites is 1. The molecule has 0 heterocycles. The van der Waals surface area contributed by atoms with E-state index < -0.39 is 0 Å². The maximum Gasteiger partial charge on any atom is 0.248 e. The highest BCUT2D eigenvalue weighted by molar-refractivity contribution is 6.02. The van der Waals surface area contributed by atoms with Crippen molar-refractivity contribution in [1.29, 1.82) is 0 Å². The van der Waals surface area contributed by atoms with Crippen LogP contribution in [0.4, 0.5) is 5.69 Å². The number of carbonyl (C=O) groups is 1. The summed E-state index contributed by atoms with van der Waals surface area (Å²) in [6.07, 6.45) is 3.32. The number of nitrogens with one attached hydrogen (secondary N) is 1. The second-order valence-corrected chi connectivity index (χ2v) is 6.59. The maximum absolute atomic E-state index is 12.4. The summed E-state index contributed by atoms with van der Waals surface area (Å²) in [6.45, 7) is 11.2. The van der Waals surface area contributed by atoms with Crippen LogP contribution in [0.25, 0.3) is 6.08 Å². The van der Waals surface area contributed by atoms with Gasteiger partial charge in [0, 0.05) is 11.8 Å². The van der Waals surface area contributed by atoms with E-state index in [-0.39, 0.29) is 5.91 Å². The van der Waals surface area contributed by atoms with Gasteiger partial charge >= 0.3 is 0 Å². The van der Waals surface area contributed by atoms with Gasteiger partial charge in [-0.15, -0.1) is 0 Å². The molecule has 0 aromatic heterocycles. The largest absolute Gasteiger partial charge is 0.490 e. The predicted molar refractivity (Wildman–Crippen MR) is 112 cm³/mol. The Morgan fingerprint density at radius 3 is 2.44 bits per heavy atom. The molecule has 0 radical (unpaired) electrons. The van der Waals surface area contributed by atoms with Crippen LogP contribution in [0, 0.1) is 6.92 Å². The van der Waals surface area contributed by atoms with Crippen molar-refractivity contribution in [2.24, 2.45) is 0 Å². The quantitative estimate of drug-likeness (QED) is 0.621. The fraction of sp³-hybridized carbons (Fsp3) is 0.348. The number of anilines is 1. The molecular formula is C23H29NO3. The van der Waals surface area contributed by atoms with Crippen LogP contribution in [0.2, 0.25) is 0 Å². The smallest absolute Gasteiger partial charge is 0.248 e. The Kier molecular flexibility index (Phi) is 7.47. The molecule has 0 unspecified atom stereocenters. The van der Waals surface area contributed by atoms with Gasteiger partial charge in [-0.2, -0.15) is 0 Å². The van der Waals surface area contributed by atoms with Gasteiger partial charge in [0.1, 0.15) is 0 Å². The fourth-order valence-corrected chi connectivity index (χ4v) is 2.85. The number of amides is 1. The minimum Gasteiger partial charge on any atom is -0.490 e. The summed E-state index contributed by atoms with van der Waals surface area (Å²) < 4.78 is 11.2. The standard InChI is InChI=1S/C23H29NO3/c1-6-26-20-13-11-18(15-21(20)27-7-2)12-14-22(25)24-23-17(5)9-8-10-19(23)16(3)4/h8-16H,6-7H2,1-5H3,(H,24,25). The third kappa shape index (κ3) is 5.61. The van der Waals surface area contributed by atoms with Crippen molar-refractivity contribution in [1.82, 2.24) is 0 Å². The van der Waals surface area contributed by atoms with Gasteiger partial charge in [-0.05, 0) is 61.6 Å². The SMILES string of the molecule is CCOc1ccc(C=CC(=O)Nc2c(C)cccc2C(C)C)cc1OCC. The van der Waals surface area contributed by atoms with Crippen LogP contribution in [0.15, 0.2) is 42.5 Å². The van der Waals surface area contributed by atoms with Crippen molar-refractivity contribution < 1.29 is 14.3 Å². The number of rotatable bonds is 8. The molecule has 2 rings (SSSR count). The molecule has 0 fully saturated rings. The lowest BCUT2D eigenvalue weighted by molar-refractivity contribution is -0.111. The van der Waals surface area contributed by atoms with Crippen LogP contribution in [0.5, 0.6) is 11.5 Å². The van der Waals surface area contributed by atoms with E-state index in [1.165, 1.54) is 0 Å². The number of ether oxygens (including phenoxy) is 2. The molecule has 144 valence electrons. The Balaban J connectivity index is 2.17. The van der Waals surface area contributed by atoms with E-state index in [9.17, 15) is 4.79 Å². The molecule has 1 amide bonds. The summed E-state index contributed by atoms with van der Waals surface area (Å²) in [7, 11) is 0. The zero-order chi connectivity index (χ0) is 19.8. The molecule has 0 spiro atoms. The summed E-state index contributed by atoms with van der Waals surface area (Å²) >= 11 is 0. The van der Waals surface area contributed by atoms with E-state index in [0.29, 0.717) is 30.6 Å². The Bertz CT molecular complexity index is 809. The van der Waals surface area contributed by atoms with Crippen molar-refractivity contribution in [3.05, 3.63) is 59.2 Å². The van der Waals surface area contributed by atoms with Gasteiger partial charge in [0.25, 0.3) is 0 Å². The predicted octanol–water partition coefficient (Wildman–Crippen LogP) is 5.57. The van der Waals surface area contributed by atoms with Crippen LogP contribution in [-0.4, -0.2) is 19.1 Å². The van der Waals surface area contributed by atoms with Gasteiger partial charge in [-0.3, -0.25) is 4.79 Å². The first-order valence-corrected chi connectivity index (χ1v) is 9.44. The average Bonchev–Trinajstić information content (AvgIpc) is 2.63. The molecule has 0 saturated heterocycles. The lowest BCUT2D eigenvalue weighted by Crippen LogP contribution is -2.11. The number of benzene rings is 2. The molecule has 0 aliphatic rings. The molecule has 0 aliphatic heterocycles. The first-order chi connectivity index (χ1) is 13.0. The zero-order valence-corrected chi connectivity index (χ0v) is 16.8. The normalized spacial score (nSPS) is 11.0. The number of carbonyl (C=O) groups excluding carboxylic acids is 1. The van der Waals surface area contributed by atoms with Crippen LogP contribution in [-0.2, 0) is 4.79 Å². The zero-order valence-electron chi connectivity index (χ0n) is 16.8. The molecule has 2 aromatic rings. The van der Waals surface area contributed by atoms with Gasteiger partial charge in [0.15, 0.2) is 11.5 Å². The highest BCUT2D eigenvalue weighted by atomic mass is 16.5. The highest BCUT2D eigenvalue weighted by Crippen LogP contribution is 2.29. The third-order valence-corrected chi connectivity index (χ3v) is 4.17. The summed E-state index contributed by atoms with van der Waals surface area (Å²) in [4.78, 5) is 12.4. The van der Waals surface area contributed by atoms with Gasteiger partial charge in [0.2, 0.25) is 5.91 Å². The minimum absolute atomic E-state index is 0.155. The van der Waals surface area contributed by atoms with Crippen LogP contribution < -0.4 is 14.8 Å². The first kappa shape index (κ1) is 20.6. The molecule has 4 nitrogen and oxygen atoms in total. The molecular weight excluding hydrogens is 338 g/mol. The van der Waals surface area contributed by atoms with Crippen molar-refractivity contribution in [2.75, 3.05) is 18.5 Å². The van der Waals surface area contributed by atoms with E-state index in [1.807, 2.05) is 51.1 Å². The molecule has 0 saturated carbocycles. The average molecular weight is 367 g/mol. The van der Waals surface area contributed by atoms with Gasteiger partial charge in [-0.25, -0.2) is 0 Å². The highest BCUT2D eigenvalue weighted by Gasteiger charge is 2.11. The number of hydrogen-bond donors (Lipinski definition) is 1. The molecule has 4 heteroatoms. The third-order valence-electron chi connectivity index (χ3n) is 4.17. The van der Waals surface area contributed by atoms with Crippen molar-refractivity contribution >= 4 is 17.7 Å². The van der Waals surface area contributed by atoms with Gasteiger partial charge in [-0.1, -0.05) is 38.1 Å². The lowest BCUT2D eigenvalue weighted by Gasteiger charge is -2.15. The summed E-state index contributed by atoms with van der Waals surface area (Å²) in [6, 6.07) is 11.7. The Morgan fingerprint density at radius 2 is 1.78 bits per heavy atom. The molecule has 0 aliphatic carbocycles. The van der Waals surface area contributed by atoms with Crippen LogP contribution >= 0.6 is 0 Å². The van der Waals surface area contributed by atoms with E-state index in [4.69, 9.17) is 9.47 Å². The minimum atomic E-state index is -0.155.